The molecular formula is C53H33N3OS. The van der Waals surface area contributed by atoms with Gasteiger partial charge in [0.1, 0.15) is 22.8 Å². The van der Waals surface area contributed by atoms with Crippen LogP contribution < -0.4 is 5.32 Å². The summed E-state index contributed by atoms with van der Waals surface area (Å²) in [5.41, 5.74) is 9.23. The molecule has 1 unspecified atom stereocenters. The second-order valence-corrected chi connectivity index (χ2v) is 16.1. The van der Waals surface area contributed by atoms with Gasteiger partial charge in [-0.1, -0.05) is 146 Å². The van der Waals surface area contributed by atoms with E-state index in [2.05, 4.69) is 181 Å². The van der Waals surface area contributed by atoms with E-state index in [1.165, 1.54) is 47.5 Å². The summed E-state index contributed by atoms with van der Waals surface area (Å²) in [5.74, 6) is 1.54. The van der Waals surface area contributed by atoms with Gasteiger partial charge in [0.05, 0.1) is 0 Å². The molecule has 12 rings (SSSR count). The number of thiophene rings is 1. The largest absolute Gasteiger partial charge is 0.456 e. The van der Waals surface area contributed by atoms with E-state index < -0.39 is 6.17 Å². The molecule has 0 saturated carbocycles. The molecule has 0 bridgehead atoms. The molecule has 9 aromatic carbocycles. The lowest BCUT2D eigenvalue weighted by Gasteiger charge is -2.23. The van der Waals surface area contributed by atoms with Crippen molar-refractivity contribution in [2.24, 2.45) is 9.98 Å². The average Bonchev–Trinajstić information content (AvgIpc) is 3.87. The second kappa shape index (κ2) is 13.1. The van der Waals surface area contributed by atoms with Crippen LogP contribution in [0.2, 0.25) is 0 Å². The van der Waals surface area contributed by atoms with E-state index in [4.69, 9.17) is 14.4 Å². The molecule has 0 aliphatic carbocycles. The summed E-state index contributed by atoms with van der Waals surface area (Å²) >= 11 is 1.83. The Morgan fingerprint density at radius 2 is 1.02 bits per heavy atom. The first-order valence-corrected chi connectivity index (χ1v) is 20.4. The lowest BCUT2D eigenvalue weighted by molar-refractivity contribution is 0.668. The van der Waals surface area contributed by atoms with Crippen molar-refractivity contribution in [3.63, 3.8) is 0 Å². The molecule has 2 aromatic heterocycles. The van der Waals surface area contributed by atoms with Crippen LogP contribution in [0.1, 0.15) is 22.9 Å². The summed E-state index contributed by atoms with van der Waals surface area (Å²) in [7, 11) is 0. The highest BCUT2D eigenvalue weighted by Crippen LogP contribution is 2.44. The Labute approximate surface area is 338 Å². The molecule has 58 heavy (non-hydrogen) atoms. The predicted octanol–water partition coefficient (Wildman–Crippen LogP) is 14.1. The van der Waals surface area contributed by atoms with Crippen molar-refractivity contribution in [1.82, 2.24) is 5.32 Å². The third-order valence-corrected chi connectivity index (χ3v) is 12.6. The quantitative estimate of drug-likeness (QED) is 0.190. The van der Waals surface area contributed by atoms with Gasteiger partial charge in [-0.15, -0.1) is 11.3 Å². The Morgan fingerprint density at radius 3 is 1.81 bits per heavy atom. The fourth-order valence-corrected chi connectivity index (χ4v) is 9.80. The molecule has 1 aliphatic rings. The Kier molecular flexibility index (Phi) is 7.43. The van der Waals surface area contributed by atoms with Gasteiger partial charge in [-0.3, -0.25) is 0 Å². The van der Waals surface area contributed by atoms with Crippen molar-refractivity contribution in [2.45, 2.75) is 6.17 Å². The normalized spacial score (nSPS) is 14.4. The van der Waals surface area contributed by atoms with E-state index >= 15 is 0 Å². The smallest absolute Gasteiger partial charge is 0.170 e. The molecule has 0 fully saturated rings. The third kappa shape index (κ3) is 5.43. The molecule has 4 nitrogen and oxygen atoms in total. The number of hydrogen-bond donors (Lipinski definition) is 1. The zero-order valence-corrected chi connectivity index (χ0v) is 32.0. The van der Waals surface area contributed by atoms with E-state index in [0.717, 1.165) is 66.8 Å². The Bertz CT molecular complexity index is 3500. The summed E-state index contributed by atoms with van der Waals surface area (Å²) in [4.78, 5) is 10.9. The Morgan fingerprint density at radius 1 is 0.414 bits per heavy atom. The highest BCUT2D eigenvalue weighted by Gasteiger charge is 2.26. The highest BCUT2D eigenvalue weighted by molar-refractivity contribution is 7.25. The van der Waals surface area contributed by atoms with Gasteiger partial charge < -0.3 is 9.73 Å². The fraction of sp³-hybridized carbons (Fsp3) is 0.0189. The van der Waals surface area contributed by atoms with Gasteiger partial charge in [0.25, 0.3) is 0 Å². The molecule has 5 heteroatoms. The first-order valence-electron chi connectivity index (χ1n) is 19.6. The molecule has 3 heterocycles. The zero-order chi connectivity index (χ0) is 38.2. The van der Waals surface area contributed by atoms with Crippen LogP contribution in [-0.2, 0) is 0 Å². The monoisotopic (exact) mass is 759 g/mol. The molecule has 0 spiro atoms. The number of aliphatic imine (C=N–C) groups is 2. The van der Waals surface area contributed by atoms with Crippen LogP contribution in [0, 0.1) is 0 Å². The molecule has 272 valence electrons. The van der Waals surface area contributed by atoms with Gasteiger partial charge in [-0.05, 0) is 86.3 Å². The van der Waals surface area contributed by atoms with E-state index in [1.54, 1.807) is 0 Å². The Balaban J connectivity index is 1.06. The zero-order valence-electron chi connectivity index (χ0n) is 31.2. The molecular weight excluding hydrogens is 727 g/mol. The van der Waals surface area contributed by atoms with Crippen molar-refractivity contribution in [3.05, 3.63) is 205 Å². The minimum atomic E-state index is -0.556. The lowest BCUT2D eigenvalue weighted by atomic mass is 9.94. The summed E-state index contributed by atoms with van der Waals surface area (Å²) in [6.45, 7) is 0. The van der Waals surface area contributed by atoms with Crippen LogP contribution in [0.4, 0.5) is 0 Å². The molecule has 1 N–H and O–H groups in total. The van der Waals surface area contributed by atoms with E-state index in [1.807, 2.05) is 23.5 Å². The van der Waals surface area contributed by atoms with Crippen LogP contribution >= 0.6 is 11.3 Å². The number of amidine groups is 2. The van der Waals surface area contributed by atoms with Crippen LogP contribution in [0.5, 0.6) is 0 Å². The second-order valence-electron chi connectivity index (χ2n) is 15.0. The molecule has 1 aliphatic heterocycles. The summed E-state index contributed by atoms with van der Waals surface area (Å²) < 4.78 is 9.21. The summed E-state index contributed by atoms with van der Waals surface area (Å²) in [5, 5.41) is 13.1. The van der Waals surface area contributed by atoms with Crippen molar-refractivity contribution >= 4 is 86.7 Å². The van der Waals surface area contributed by atoms with Crippen LogP contribution in [-0.4, -0.2) is 11.7 Å². The van der Waals surface area contributed by atoms with Crippen LogP contribution in [0.25, 0.3) is 85.9 Å². The van der Waals surface area contributed by atoms with Gasteiger partial charge in [0.15, 0.2) is 6.17 Å². The molecule has 0 amide bonds. The number of para-hydroxylation sites is 1. The number of furan rings is 1. The van der Waals surface area contributed by atoms with Crippen LogP contribution in [0.3, 0.4) is 0 Å². The first-order chi connectivity index (χ1) is 28.7. The number of rotatable bonds is 5. The Hall–Kier alpha value is -7.34. The van der Waals surface area contributed by atoms with Crippen molar-refractivity contribution in [1.29, 1.82) is 0 Å². The van der Waals surface area contributed by atoms with Crippen LogP contribution in [0.15, 0.2) is 202 Å². The van der Waals surface area contributed by atoms with E-state index in [-0.39, 0.29) is 0 Å². The standard InChI is InChI=1S/C53H33N3OS/c1-3-12-36-28-38(26-22-32(36)10-1)34-20-24-35(25-21-34)51-54-52(39-27-23-33-11-2-4-13-37(33)29-39)56-53(55-51)44-30-40(31-46-49(44)42-14-5-7-17-45(42)57-46)41-16-9-19-48-50(41)43-15-6-8-18-47(43)58-48/h1-31,53H,(H,54,55,56). The van der Waals surface area contributed by atoms with Gasteiger partial charge in [-0.2, -0.15) is 0 Å². The number of benzene rings is 9. The number of nitrogens with one attached hydrogen (secondary N) is 1. The van der Waals surface area contributed by atoms with E-state index in [0.29, 0.717) is 0 Å². The topological polar surface area (TPSA) is 49.9 Å². The minimum Gasteiger partial charge on any atom is -0.456 e. The number of hydrogen-bond acceptors (Lipinski definition) is 5. The van der Waals surface area contributed by atoms with Crippen molar-refractivity contribution in [3.8, 4) is 22.3 Å². The van der Waals surface area contributed by atoms with Gasteiger partial charge >= 0.3 is 0 Å². The molecule has 0 saturated heterocycles. The predicted molar refractivity (Wildman–Crippen MR) is 244 cm³/mol. The maximum absolute atomic E-state index is 6.67. The molecule has 11 aromatic rings. The number of nitrogens with zero attached hydrogens (tertiary/aromatic N) is 2. The maximum atomic E-state index is 6.67. The fourth-order valence-electron chi connectivity index (χ4n) is 8.67. The van der Waals surface area contributed by atoms with Gasteiger partial charge in [0, 0.05) is 47.6 Å². The molecule has 1 atom stereocenters. The van der Waals surface area contributed by atoms with Gasteiger partial charge in [0.2, 0.25) is 0 Å². The maximum Gasteiger partial charge on any atom is 0.170 e. The minimum absolute atomic E-state index is 0.556. The van der Waals surface area contributed by atoms with Crippen molar-refractivity contribution < 1.29 is 4.42 Å². The highest BCUT2D eigenvalue weighted by atomic mass is 32.1. The third-order valence-electron chi connectivity index (χ3n) is 11.5. The summed E-state index contributed by atoms with van der Waals surface area (Å²) in [6, 6.07) is 66.9. The SMILES string of the molecule is c1ccc2cc(C3=NC(c4cc(-c5cccc6sc7ccccc7c56)cc5oc6ccccc6c45)N=C(c4ccc(-c5ccc6ccccc6c5)cc4)N3)ccc2c1. The van der Waals surface area contributed by atoms with Gasteiger partial charge in [-0.25, -0.2) is 9.98 Å². The average molecular weight is 760 g/mol. The number of fused-ring (bicyclic) bond motifs is 8. The molecule has 0 radical (unpaired) electrons. The summed E-state index contributed by atoms with van der Waals surface area (Å²) in [6.07, 6.45) is -0.556. The van der Waals surface area contributed by atoms with E-state index in [9.17, 15) is 0 Å². The first kappa shape index (κ1) is 32.9. The lowest BCUT2D eigenvalue weighted by Crippen LogP contribution is -2.36. The van der Waals surface area contributed by atoms with Crippen molar-refractivity contribution in [2.75, 3.05) is 0 Å².